The first-order valence-electron chi connectivity index (χ1n) is 7.44. The second-order valence-corrected chi connectivity index (χ2v) is 6.26. The van der Waals surface area contributed by atoms with Crippen LogP contribution in [-0.4, -0.2) is 67.4 Å². The van der Waals surface area contributed by atoms with Crippen molar-refractivity contribution in [3.05, 3.63) is 34.9 Å². The van der Waals surface area contributed by atoms with Gasteiger partial charge in [-0.2, -0.15) is 0 Å². The number of rotatable bonds is 4. The van der Waals surface area contributed by atoms with E-state index in [0.717, 1.165) is 44.2 Å². The molecule has 2 rings (SSSR count). The van der Waals surface area contributed by atoms with E-state index in [0.29, 0.717) is 6.54 Å². The Labute approximate surface area is 132 Å². The standard InChI is InChI=1S/C16H24ClN3O/c1-18(2)16(21)13-20-9-3-8-19(10-11-20)12-14-4-6-15(17)7-5-14/h4-7H,3,8-13H2,1-2H3. The summed E-state index contributed by atoms with van der Waals surface area (Å²) in [6.45, 7) is 5.51. The number of hydrogen-bond acceptors (Lipinski definition) is 3. The van der Waals surface area contributed by atoms with Gasteiger partial charge in [0.1, 0.15) is 0 Å². The van der Waals surface area contributed by atoms with Gasteiger partial charge in [-0.25, -0.2) is 0 Å². The number of amides is 1. The average molecular weight is 310 g/mol. The molecule has 0 aromatic heterocycles. The van der Waals surface area contributed by atoms with Gasteiger partial charge in [0.25, 0.3) is 0 Å². The summed E-state index contributed by atoms with van der Waals surface area (Å²) in [5, 5.41) is 0.781. The van der Waals surface area contributed by atoms with Crippen molar-refractivity contribution in [2.24, 2.45) is 0 Å². The van der Waals surface area contributed by atoms with E-state index in [1.54, 1.807) is 4.90 Å². The zero-order valence-electron chi connectivity index (χ0n) is 12.9. The predicted molar refractivity (Wildman–Crippen MR) is 86.5 cm³/mol. The molecule has 1 aliphatic rings. The molecule has 116 valence electrons. The maximum absolute atomic E-state index is 11.8. The Balaban J connectivity index is 1.83. The number of carbonyl (C=O) groups is 1. The Morgan fingerprint density at radius 2 is 1.71 bits per heavy atom. The van der Waals surface area contributed by atoms with Crippen LogP contribution in [0.15, 0.2) is 24.3 Å². The molecular weight excluding hydrogens is 286 g/mol. The highest BCUT2D eigenvalue weighted by atomic mass is 35.5. The van der Waals surface area contributed by atoms with E-state index < -0.39 is 0 Å². The van der Waals surface area contributed by atoms with Crippen LogP contribution < -0.4 is 0 Å². The molecule has 0 saturated carbocycles. The van der Waals surface area contributed by atoms with E-state index >= 15 is 0 Å². The molecule has 1 fully saturated rings. The Bertz CT molecular complexity index is 461. The third kappa shape index (κ3) is 5.30. The largest absolute Gasteiger partial charge is 0.348 e. The minimum Gasteiger partial charge on any atom is -0.348 e. The maximum Gasteiger partial charge on any atom is 0.236 e. The lowest BCUT2D eigenvalue weighted by Crippen LogP contribution is -2.38. The molecule has 1 aromatic rings. The van der Waals surface area contributed by atoms with Crippen LogP contribution in [0.1, 0.15) is 12.0 Å². The Hall–Kier alpha value is -1.10. The highest BCUT2D eigenvalue weighted by molar-refractivity contribution is 6.30. The minimum absolute atomic E-state index is 0.182. The topological polar surface area (TPSA) is 26.8 Å². The number of carbonyl (C=O) groups excluding carboxylic acids is 1. The lowest BCUT2D eigenvalue weighted by atomic mass is 10.2. The van der Waals surface area contributed by atoms with Crippen molar-refractivity contribution in [1.29, 1.82) is 0 Å². The minimum atomic E-state index is 0.182. The van der Waals surface area contributed by atoms with Gasteiger partial charge in [0.05, 0.1) is 6.54 Å². The van der Waals surface area contributed by atoms with Gasteiger partial charge in [-0.1, -0.05) is 23.7 Å². The molecule has 0 bridgehead atoms. The first-order valence-corrected chi connectivity index (χ1v) is 7.81. The van der Waals surface area contributed by atoms with Crippen LogP contribution in [-0.2, 0) is 11.3 Å². The average Bonchev–Trinajstić information content (AvgIpc) is 2.67. The Morgan fingerprint density at radius 1 is 1.10 bits per heavy atom. The fourth-order valence-corrected chi connectivity index (χ4v) is 2.65. The van der Waals surface area contributed by atoms with Crippen LogP contribution in [0.5, 0.6) is 0 Å². The number of benzene rings is 1. The number of nitrogens with zero attached hydrogens (tertiary/aromatic N) is 3. The fraction of sp³-hybridized carbons (Fsp3) is 0.562. The van der Waals surface area contributed by atoms with Crippen molar-refractivity contribution in [2.45, 2.75) is 13.0 Å². The van der Waals surface area contributed by atoms with E-state index in [1.165, 1.54) is 5.56 Å². The molecule has 1 amide bonds. The van der Waals surface area contributed by atoms with Crippen LogP contribution in [0, 0.1) is 0 Å². The highest BCUT2D eigenvalue weighted by Gasteiger charge is 2.17. The summed E-state index contributed by atoms with van der Waals surface area (Å²) in [5.74, 6) is 0.182. The van der Waals surface area contributed by atoms with E-state index in [9.17, 15) is 4.79 Å². The van der Waals surface area contributed by atoms with Crippen molar-refractivity contribution in [2.75, 3.05) is 46.8 Å². The Morgan fingerprint density at radius 3 is 2.38 bits per heavy atom. The van der Waals surface area contributed by atoms with Crippen molar-refractivity contribution in [3.8, 4) is 0 Å². The summed E-state index contributed by atoms with van der Waals surface area (Å²) in [6.07, 6.45) is 1.11. The van der Waals surface area contributed by atoms with E-state index in [-0.39, 0.29) is 5.91 Å². The third-order valence-electron chi connectivity index (χ3n) is 3.86. The molecule has 1 aliphatic heterocycles. The molecule has 0 spiro atoms. The van der Waals surface area contributed by atoms with Gasteiger partial charge in [0.2, 0.25) is 5.91 Å². The van der Waals surface area contributed by atoms with Crippen LogP contribution in [0.2, 0.25) is 5.02 Å². The van der Waals surface area contributed by atoms with Crippen LogP contribution in [0.4, 0.5) is 0 Å². The number of halogens is 1. The molecule has 0 aliphatic carbocycles. The Kier molecular flexibility index (Phi) is 6.03. The van der Waals surface area contributed by atoms with Crippen LogP contribution in [0.25, 0.3) is 0 Å². The number of likely N-dealkylation sites (N-methyl/N-ethyl adjacent to an activating group) is 1. The zero-order chi connectivity index (χ0) is 15.2. The molecule has 4 nitrogen and oxygen atoms in total. The molecule has 1 saturated heterocycles. The number of hydrogen-bond donors (Lipinski definition) is 0. The smallest absolute Gasteiger partial charge is 0.236 e. The molecule has 1 aromatic carbocycles. The summed E-state index contributed by atoms with van der Waals surface area (Å²) in [5.41, 5.74) is 1.29. The first-order chi connectivity index (χ1) is 10.0. The molecule has 5 heteroatoms. The van der Waals surface area contributed by atoms with Gasteiger partial charge in [0, 0.05) is 38.8 Å². The van der Waals surface area contributed by atoms with Gasteiger partial charge >= 0.3 is 0 Å². The van der Waals surface area contributed by atoms with E-state index in [4.69, 9.17) is 11.6 Å². The second-order valence-electron chi connectivity index (χ2n) is 5.82. The zero-order valence-corrected chi connectivity index (χ0v) is 13.6. The molecule has 0 atom stereocenters. The molecule has 0 unspecified atom stereocenters. The summed E-state index contributed by atoms with van der Waals surface area (Å²) in [7, 11) is 3.62. The summed E-state index contributed by atoms with van der Waals surface area (Å²) >= 11 is 5.92. The van der Waals surface area contributed by atoms with Gasteiger partial charge in [0.15, 0.2) is 0 Å². The SMILES string of the molecule is CN(C)C(=O)CN1CCCN(Cc2ccc(Cl)cc2)CC1. The molecular formula is C16H24ClN3O. The lowest BCUT2D eigenvalue weighted by molar-refractivity contribution is -0.129. The molecule has 21 heavy (non-hydrogen) atoms. The van der Waals surface area contributed by atoms with Crippen LogP contribution in [0.3, 0.4) is 0 Å². The van der Waals surface area contributed by atoms with Crippen LogP contribution >= 0.6 is 11.6 Å². The normalized spacial score (nSPS) is 17.5. The summed E-state index contributed by atoms with van der Waals surface area (Å²) in [6, 6.07) is 8.05. The van der Waals surface area contributed by atoms with Gasteiger partial charge in [-0.3, -0.25) is 14.6 Å². The highest BCUT2D eigenvalue weighted by Crippen LogP contribution is 2.13. The third-order valence-corrected chi connectivity index (χ3v) is 4.11. The second kappa shape index (κ2) is 7.78. The van der Waals surface area contributed by atoms with E-state index in [2.05, 4.69) is 21.9 Å². The summed E-state index contributed by atoms with van der Waals surface area (Å²) < 4.78 is 0. The molecule has 0 radical (unpaired) electrons. The van der Waals surface area contributed by atoms with Crippen molar-refractivity contribution in [1.82, 2.24) is 14.7 Å². The lowest BCUT2D eigenvalue weighted by Gasteiger charge is -2.22. The fourth-order valence-electron chi connectivity index (χ4n) is 2.52. The van der Waals surface area contributed by atoms with Gasteiger partial charge in [-0.05, 0) is 37.2 Å². The van der Waals surface area contributed by atoms with Gasteiger partial charge in [-0.15, -0.1) is 0 Å². The molecule has 0 N–H and O–H groups in total. The van der Waals surface area contributed by atoms with Gasteiger partial charge < -0.3 is 4.90 Å². The predicted octanol–water partition coefficient (Wildman–Crippen LogP) is 1.94. The first kappa shape index (κ1) is 16.3. The maximum atomic E-state index is 11.8. The monoisotopic (exact) mass is 309 g/mol. The summed E-state index contributed by atoms with van der Waals surface area (Å²) in [4.78, 5) is 18.2. The van der Waals surface area contributed by atoms with E-state index in [1.807, 2.05) is 26.2 Å². The van der Waals surface area contributed by atoms with Crippen molar-refractivity contribution in [3.63, 3.8) is 0 Å². The van der Waals surface area contributed by atoms with Crippen molar-refractivity contribution >= 4 is 17.5 Å². The quantitative estimate of drug-likeness (QED) is 0.850. The molecule has 1 heterocycles. The van der Waals surface area contributed by atoms with Crippen molar-refractivity contribution < 1.29 is 4.79 Å².